The van der Waals surface area contributed by atoms with Crippen LogP contribution in [-0.2, 0) is 20.2 Å². The van der Waals surface area contributed by atoms with Crippen molar-refractivity contribution in [2.24, 2.45) is 10.2 Å². The third-order valence-electron chi connectivity index (χ3n) is 3.69. The van der Waals surface area contributed by atoms with Crippen molar-refractivity contribution in [3.05, 3.63) is 53.6 Å². The first-order chi connectivity index (χ1) is 13.0. The van der Waals surface area contributed by atoms with Gasteiger partial charge in [0.2, 0.25) is 0 Å². The van der Waals surface area contributed by atoms with Crippen LogP contribution in [0.2, 0.25) is 5.02 Å². The average molecular weight is 443 g/mol. The normalized spacial score (nSPS) is 12.7. The Morgan fingerprint density at radius 3 is 2.04 bits per heavy atom. The van der Waals surface area contributed by atoms with Crippen LogP contribution in [-0.4, -0.2) is 31.0 Å². The molecule has 0 aliphatic rings. The highest BCUT2D eigenvalue weighted by Gasteiger charge is 2.22. The van der Waals surface area contributed by atoms with Gasteiger partial charge in [-0.3, -0.25) is 9.11 Å². The monoisotopic (exact) mass is 442 g/mol. The van der Waals surface area contributed by atoms with Gasteiger partial charge in [-0.25, -0.2) is 0 Å². The molecule has 3 aromatic rings. The lowest BCUT2D eigenvalue weighted by Crippen LogP contribution is -2.00. The van der Waals surface area contributed by atoms with Crippen LogP contribution >= 0.6 is 11.6 Å². The summed E-state index contributed by atoms with van der Waals surface area (Å²) < 4.78 is 64.4. The van der Waals surface area contributed by atoms with Crippen molar-refractivity contribution >= 4 is 54.0 Å². The van der Waals surface area contributed by atoms with Gasteiger partial charge in [0.05, 0.1) is 10.6 Å². The van der Waals surface area contributed by atoms with E-state index in [-0.39, 0.29) is 16.5 Å². The summed E-state index contributed by atoms with van der Waals surface area (Å²) >= 11 is 5.78. The number of fused-ring (bicyclic) bond motifs is 1. The SMILES string of the molecule is O=S(=O)(O)c1ccc2c(N=Nc3ccc(Cl)cc3)c(O)c(S(=O)(=O)O)cc2c1. The maximum atomic E-state index is 11.6. The van der Waals surface area contributed by atoms with E-state index in [1.165, 1.54) is 18.2 Å². The number of hydrogen-bond donors (Lipinski definition) is 3. The number of hydrogen-bond acceptors (Lipinski definition) is 7. The highest BCUT2D eigenvalue weighted by Crippen LogP contribution is 2.41. The van der Waals surface area contributed by atoms with Gasteiger partial charge in [-0.1, -0.05) is 17.7 Å². The van der Waals surface area contributed by atoms with E-state index < -0.39 is 35.8 Å². The Hall–Kier alpha value is -2.57. The van der Waals surface area contributed by atoms with Crippen LogP contribution in [0.1, 0.15) is 0 Å². The Labute approximate surface area is 164 Å². The van der Waals surface area contributed by atoms with Crippen LogP contribution in [0.4, 0.5) is 11.4 Å². The summed E-state index contributed by atoms with van der Waals surface area (Å²) in [5.41, 5.74) is 0.0192. The number of phenolic OH excluding ortho intramolecular Hbond substituents is 1. The van der Waals surface area contributed by atoms with Crippen LogP contribution < -0.4 is 0 Å². The highest BCUT2D eigenvalue weighted by molar-refractivity contribution is 7.86. The summed E-state index contributed by atoms with van der Waals surface area (Å²) in [5.74, 6) is -0.868. The van der Waals surface area contributed by atoms with Gasteiger partial charge in [0.15, 0.2) is 5.75 Å². The lowest BCUT2D eigenvalue weighted by atomic mass is 10.1. The third-order valence-corrected chi connectivity index (χ3v) is 5.66. The van der Waals surface area contributed by atoms with E-state index in [1.54, 1.807) is 12.1 Å². The summed E-state index contributed by atoms with van der Waals surface area (Å²) in [7, 11) is -9.43. The molecule has 12 heteroatoms. The molecule has 0 unspecified atom stereocenters. The molecule has 0 amide bonds. The van der Waals surface area contributed by atoms with Gasteiger partial charge in [0, 0.05) is 10.4 Å². The van der Waals surface area contributed by atoms with E-state index in [9.17, 15) is 31.0 Å². The van der Waals surface area contributed by atoms with E-state index in [0.29, 0.717) is 10.7 Å². The van der Waals surface area contributed by atoms with Gasteiger partial charge in [-0.15, -0.1) is 5.11 Å². The Bertz CT molecular complexity index is 1320. The maximum Gasteiger partial charge on any atom is 0.298 e. The minimum atomic E-state index is -4.87. The molecule has 28 heavy (non-hydrogen) atoms. The minimum absolute atomic E-state index is 0.0226. The van der Waals surface area contributed by atoms with Gasteiger partial charge in [-0.2, -0.15) is 21.9 Å². The van der Waals surface area contributed by atoms with Gasteiger partial charge in [0.25, 0.3) is 20.2 Å². The number of aromatic hydroxyl groups is 1. The maximum absolute atomic E-state index is 11.6. The quantitative estimate of drug-likeness (QED) is 0.405. The lowest BCUT2D eigenvalue weighted by molar-refractivity contribution is 0.445. The summed E-state index contributed by atoms with van der Waals surface area (Å²) in [6, 6.07) is 10.2. The van der Waals surface area contributed by atoms with Crippen LogP contribution in [0.25, 0.3) is 10.8 Å². The number of halogens is 1. The molecule has 0 heterocycles. The van der Waals surface area contributed by atoms with E-state index >= 15 is 0 Å². The van der Waals surface area contributed by atoms with Gasteiger partial charge in [-0.05, 0) is 47.9 Å². The Morgan fingerprint density at radius 1 is 0.821 bits per heavy atom. The smallest absolute Gasteiger partial charge is 0.298 e. The second-order valence-electron chi connectivity index (χ2n) is 5.58. The Kier molecular flexibility index (Phi) is 5.12. The standard InChI is InChI=1S/C16H11ClN2O7S2/c17-10-1-3-11(4-2-10)18-19-15-13-6-5-12(27(21,22)23)7-9(13)8-14(16(15)20)28(24,25)26/h1-8,20H,(H,21,22,23)(H,24,25,26). The number of nitrogens with zero attached hydrogens (tertiary/aromatic N) is 2. The molecule has 3 N–H and O–H groups in total. The van der Waals surface area contributed by atoms with Crippen molar-refractivity contribution in [3.63, 3.8) is 0 Å². The van der Waals surface area contributed by atoms with Gasteiger partial charge in [0.1, 0.15) is 10.6 Å². The molecule has 9 nitrogen and oxygen atoms in total. The summed E-state index contributed by atoms with van der Waals surface area (Å²) in [6.45, 7) is 0. The summed E-state index contributed by atoms with van der Waals surface area (Å²) in [4.78, 5) is -1.40. The molecule has 0 radical (unpaired) electrons. The molecule has 0 fully saturated rings. The zero-order chi connectivity index (χ0) is 20.7. The first-order valence-electron chi connectivity index (χ1n) is 7.39. The van der Waals surface area contributed by atoms with Gasteiger partial charge < -0.3 is 5.11 Å². The first-order valence-corrected chi connectivity index (χ1v) is 10.6. The predicted octanol–water partition coefficient (Wildman–Crippen LogP) is 4.11. The fourth-order valence-corrected chi connectivity index (χ4v) is 3.66. The average Bonchev–Trinajstić information content (AvgIpc) is 2.60. The minimum Gasteiger partial charge on any atom is -0.504 e. The topological polar surface area (TPSA) is 154 Å². The molecule has 0 spiro atoms. The van der Waals surface area contributed by atoms with Crippen LogP contribution in [0.15, 0.2) is 68.6 Å². The lowest BCUT2D eigenvalue weighted by Gasteiger charge is -2.09. The second kappa shape index (κ2) is 7.11. The van der Waals surface area contributed by atoms with Crippen molar-refractivity contribution in [2.45, 2.75) is 9.79 Å². The number of azo groups is 1. The van der Waals surface area contributed by atoms with Crippen molar-refractivity contribution in [2.75, 3.05) is 0 Å². The molecular formula is C16H11ClN2O7S2. The van der Waals surface area contributed by atoms with E-state index in [4.69, 9.17) is 11.6 Å². The van der Waals surface area contributed by atoms with E-state index in [0.717, 1.165) is 18.2 Å². The largest absolute Gasteiger partial charge is 0.504 e. The Balaban J connectivity index is 2.29. The van der Waals surface area contributed by atoms with Crippen molar-refractivity contribution in [1.29, 1.82) is 0 Å². The van der Waals surface area contributed by atoms with Crippen LogP contribution in [0.5, 0.6) is 5.75 Å². The fourth-order valence-electron chi connectivity index (χ4n) is 2.40. The summed E-state index contributed by atoms with van der Waals surface area (Å²) in [5, 5.41) is 18.6. The van der Waals surface area contributed by atoms with Gasteiger partial charge >= 0.3 is 0 Å². The molecule has 0 saturated carbocycles. The van der Waals surface area contributed by atoms with Crippen LogP contribution in [0, 0.1) is 0 Å². The molecule has 0 aliphatic carbocycles. The molecule has 0 atom stereocenters. The molecule has 0 aromatic heterocycles. The molecule has 0 bridgehead atoms. The highest BCUT2D eigenvalue weighted by atomic mass is 35.5. The number of benzene rings is 3. The van der Waals surface area contributed by atoms with Crippen molar-refractivity contribution in [3.8, 4) is 5.75 Å². The zero-order valence-corrected chi connectivity index (χ0v) is 16.1. The Morgan fingerprint density at radius 2 is 1.46 bits per heavy atom. The number of phenols is 1. The molecular weight excluding hydrogens is 432 g/mol. The molecule has 3 aromatic carbocycles. The first kappa shape index (κ1) is 20.2. The fraction of sp³-hybridized carbons (Fsp3) is 0. The molecule has 146 valence electrons. The number of rotatable bonds is 4. The van der Waals surface area contributed by atoms with Crippen molar-refractivity contribution < 1.29 is 31.0 Å². The third kappa shape index (κ3) is 4.13. The predicted molar refractivity (Wildman–Crippen MR) is 101 cm³/mol. The van der Waals surface area contributed by atoms with Crippen LogP contribution in [0.3, 0.4) is 0 Å². The molecule has 3 rings (SSSR count). The molecule has 0 aliphatic heterocycles. The summed E-state index contributed by atoms with van der Waals surface area (Å²) in [6.07, 6.45) is 0. The second-order valence-corrected chi connectivity index (χ2v) is 8.83. The molecule has 0 saturated heterocycles. The zero-order valence-electron chi connectivity index (χ0n) is 13.7. The van der Waals surface area contributed by atoms with E-state index in [2.05, 4.69) is 10.2 Å². The van der Waals surface area contributed by atoms with E-state index in [1.807, 2.05) is 0 Å². The van der Waals surface area contributed by atoms with Crippen molar-refractivity contribution in [1.82, 2.24) is 0 Å².